The topological polar surface area (TPSA) is 38.9 Å². The monoisotopic (exact) mass is 232 g/mol. The molecule has 1 aliphatic carbocycles. The summed E-state index contributed by atoms with van der Waals surface area (Å²) in [4.78, 5) is 4.38. The Balaban J connectivity index is 1.72. The van der Waals surface area contributed by atoms with Crippen LogP contribution in [-0.2, 0) is 6.42 Å². The molecule has 88 valence electrons. The minimum atomic E-state index is -0.225. The molecule has 3 nitrogen and oxygen atoms in total. The Labute approximate surface area is 98.7 Å². The van der Waals surface area contributed by atoms with Gasteiger partial charge >= 0.3 is 0 Å². The SMILES string of the molecule is Fc1ccc(Cc2noc(C3CCC3)n2)cc1. The molecular formula is C13H13FN2O. The van der Waals surface area contributed by atoms with Crippen molar-refractivity contribution in [1.82, 2.24) is 10.1 Å². The van der Waals surface area contributed by atoms with Crippen LogP contribution in [0.25, 0.3) is 0 Å². The zero-order chi connectivity index (χ0) is 11.7. The maximum Gasteiger partial charge on any atom is 0.229 e. The van der Waals surface area contributed by atoms with Gasteiger partial charge in [0, 0.05) is 12.3 Å². The molecule has 1 aliphatic rings. The minimum Gasteiger partial charge on any atom is -0.339 e. The van der Waals surface area contributed by atoms with Gasteiger partial charge < -0.3 is 4.52 Å². The Morgan fingerprint density at radius 2 is 2.00 bits per heavy atom. The van der Waals surface area contributed by atoms with Gasteiger partial charge in [0.1, 0.15) is 5.82 Å². The van der Waals surface area contributed by atoms with Gasteiger partial charge in [-0.25, -0.2) is 4.39 Å². The van der Waals surface area contributed by atoms with Gasteiger partial charge in [-0.3, -0.25) is 0 Å². The average Bonchev–Trinajstić information content (AvgIpc) is 2.67. The van der Waals surface area contributed by atoms with Crippen molar-refractivity contribution in [3.63, 3.8) is 0 Å². The molecule has 0 amide bonds. The number of hydrogen-bond donors (Lipinski definition) is 0. The molecule has 0 radical (unpaired) electrons. The van der Waals surface area contributed by atoms with Crippen molar-refractivity contribution >= 4 is 0 Å². The third-order valence-corrected chi connectivity index (χ3v) is 3.21. The van der Waals surface area contributed by atoms with Gasteiger partial charge in [-0.1, -0.05) is 23.7 Å². The van der Waals surface area contributed by atoms with Gasteiger partial charge in [-0.05, 0) is 30.5 Å². The molecule has 3 rings (SSSR count). The smallest absolute Gasteiger partial charge is 0.229 e. The van der Waals surface area contributed by atoms with Crippen LogP contribution < -0.4 is 0 Å². The number of hydrogen-bond acceptors (Lipinski definition) is 3. The van der Waals surface area contributed by atoms with Gasteiger partial charge in [0.2, 0.25) is 5.89 Å². The second-order valence-electron chi connectivity index (χ2n) is 4.48. The van der Waals surface area contributed by atoms with E-state index >= 15 is 0 Å². The molecule has 0 spiro atoms. The maximum atomic E-state index is 12.7. The van der Waals surface area contributed by atoms with E-state index in [1.54, 1.807) is 12.1 Å². The van der Waals surface area contributed by atoms with Crippen molar-refractivity contribution in [2.75, 3.05) is 0 Å². The summed E-state index contributed by atoms with van der Waals surface area (Å²) in [5.74, 6) is 1.67. The van der Waals surface area contributed by atoms with Crippen molar-refractivity contribution < 1.29 is 8.91 Å². The van der Waals surface area contributed by atoms with E-state index in [1.807, 2.05) is 0 Å². The Bertz CT molecular complexity index is 502. The van der Waals surface area contributed by atoms with Gasteiger partial charge in [-0.15, -0.1) is 0 Å². The first-order valence-corrected chi connectivity index (χ1v) is 5.88. The predicted molar refractivity (Wildman–Crippen MR) is 60.1 cm³/mol. The Morgan fingerprint density at radius 1 is 1.24 bits per heavy atom. The molecule has 1 saturated carbocycles. The second-order valence-corrected chi connectivity index (χ2v) is 4.48. The summed E-state index contributed by atoms with van der Waals surface area (Å²) in [5, 5.41) is 3.96. The fraction of sp³-hybridized carbons (Fsp3) is 0.385. The van der Waals surface area contributed by atoms with Gasteiger partial charge in [0.15, 0.2) is 5.82 Å². The molecule has 0 saturated heterocycles. The van der Waals surface area contributed by atoms with Crippen molar-refractivity contribution in [2.24, 2.45) is 0 Å². The predicted octanol–water partition coefficient (Wildman–Crippen LogP) is 3.07. The highest BCUT2D eigenvalue weighted by molar-refractivity contribution is 5.19. The molecule has 1 heterocycles. The molecule has 1 fully saturated rings. The molecule has 17 heavy (non-hydrogen) atoms. The van der Waals surface area contributed by atoms with E-state index in [0.717, 1.165) is 24.3 Å². The van der Waals surface area contributed by atoms with Crippen LogP contribution in [-0.4, -0.2) is 10.1 Å². The summed E-state index contributed by atoms with van der Waals surface area (Å²) < 4.78 is 18.0. The fourth-order valence-electron chi connectivity index (χ4n) is 1.95. The number of aromatic nitrogens is 2. The summed E-state index contributed by atoms with van der Waals surface area (Å²) >= 11 is 0. The van der Waals surface area contributed by atoms with Crippen LogP contribution in [0.4, 0.5) is 4.39 Å². The zero-order valence-electron chi connectivity index (χ0n) is 9.40. The minimum absolute atomic E-state index is 0.225. The Kier molecular flexibility index (Phi) is 2.63. The molecular weight excluding hydrogens is 219 g/mol. The lowest BCUT2D eigenvalue weighted by atomic mass is 9.85. The number of nitrogens with zero attached hydrogens (tertiary/aromatic N) is 2. The van der Waals surface area contributed by atoms with Gasteiger partial charge in [0.25, 0.3) is 0 Å². The third kappa shape index (κ3) is 2.20. The van der Waals surface area contributed by atoms with Crippen LogP contribution >= 0.6 is 0 Å². The van der Waals surface area contributed by atoms with Crippen LogP contribution in [0.15, 0.2) is 28.8 Å². The molecule has 0 aliphatic heterocycles. The highest BCUT2D eigenvalue weighted by Crippen LogP contribution is 2.35. The number of rotatable bonds is 3. The molecule has 1 aromatic heterocycles. The van der Waals surface area contributed by atoms with Crippen LogP contribution in [0.3, 0.4) is 0 Å². The Hall–Kier alpha value is -1.71. The zero-order valence-corrected chi connectivity index (χ0v) is 9.40. The second kappa shape index (κ2) is 4.28. The van der Waals surface area contributed by atoms with E-state index < -0.39 is 0 Å². The largest absolute Gasteiger partial charge is 0.339 e. The van der Waals surface area contributed by atoms with Crippen LogP contribution in [0.5, 0.6) is 0 Å². The average molecular weight is 232 g/mol. The summed E-state index contributed by atoms with van der Waals surface area (Å²) in [6, 6.07) is 6.38. The molecule has 0 atom stereocenters. The van der Waals surface area contributed by atoms with E-state index in [2.05, 4.69) is 10.1 Å². The molecule has 2 aromatic rings. The van der Waals surface area contributed by atoms with E-state index in [4.69, 9.17) is 4.52 Å². The molecule has 4 heteroatoms. The van der Waals surface area contributed by atoms with E-state index in [1.165, 1.54) is 18.6 Å². The van der Waals surface area contributed by atoms with Crippen molar-refractivity contribution in [1.29, 1.82) is 0 Å². The van der Waals surface area contributed by atoms with Crippen molar-refractivity contribution in [2.45, 2.75) is 31.6 Å². The van der Waals surface area contributed by atoms with Gasteiger partial charge in [0.05, 0.1) is 0 Å². The van der Waals surface area contributed by atoms with Crippen molar-refractivity contribution in [3.8, 4) is 0 Å². The molecule has 0 N–H and O–H groups in total. The fourth-order valence-corrected chi connectivity index (χ4v) is 1.95. The third-order valence-electron chi connectivity index (χ3n) is 3.21. The van der Waals surface area contributed by atoms with Crippen LogP contribution in [0, 0.1) is 5.82 Å². The normalized spacial score (nSPS) is 15.8. The summed E-state index contributed by atoms with van der Waals surface area (Å²) in [5.41, 5.74) is 0.993. The number of benzene rings is 1. The maximum absolute atomic E-state index is 12.7. The standard InChI is InChI=1S/C13H13FN2O/c14-11-6-4-9(5-7-11)8-12-15-13(17-16-12)10-2-1-3-10/h4-7,10H,1-3,8H2. The number of halogens is 1. The molecule has 1 aromatic carbocycles. The Morgan fingerprint density at radius 3 is 2.65 bits per heavy atom. The molecule has 0 bridgehead atoms. The van der Waals surface area contributed by atoms with Gasteiger partial charge in [-0.2, -0.15) is 4.98 Å². The summed E-state index contributed by atoms with van der Waals surface area (Å²) in [6.45, 7) is 0. The van der Waals surface area contributed by atoms with E-state index in [0.29, 0.717) is 18.2 Å². The van der Waals surface area contributed by atoms with Crippen LogP contribution in [0.1, 0.15) is 42.5 Å². The molecule has 0 unspecified atom stereocenters. The highest BCUT2D eigenvalue weighted by Gasteiger charge is 2.25. The first-order valence-electron chi connectivity index (χ1n) is 5.88. The quantitative estimate of drug-likeness (QED) is 0.816. The lowest BCUT2D eigenvalue weighted by molar-refractivity contribution is 0.291. The summed E-state index contributed by atoms with van der Waals surface area (Å²) in [6.07, 6.45) is 4.15. The lowest BCUT2D eigenvalue weighted by Gasteiger charge is -2.20. The van der Waals surface area contributed by atoms with Crippen molar-refractivity contribution in [3.05, 3.63) is 47.4 Å². The first kappa shape index (κ1) is 10.4. The van der Waals surface area contributed by atoms with E-state index in [9.17, 15) is 4.39 Å². The lowest BCUT2D eigenvalue weighted by Crippen LogP contribution is -2.08. The summed E-state index contributed by atoms with van der Waals surface area (Å²) in [7, 11) is 0. The van der Waals surface area contributed by atoms with Crippen LogP contribution in [0.2, 0.25) is 0 Å². The first-order chi connectivity index (χ1) is 8.31. The van der Waals surface area contributed by atoms with E-state index in [-0.39, 0.29) is 5.82 Å². The highest BCUT2D eigenvalue weighted by atomic mass is 19.1.